The Balaban J connectivity index is 1.64. The predicted octanol–water partition coefficient (Wildman–Crippen LogP) is 5.45. The normalized spacial score (nSPS) is 11.7. The molecular weight excluding hydrogens is 375 g/mol. The van der Waals surface area contributed by atoms with Gasteiger partial charge in [-0.25, -0.2) is 0 Å². The molecule has 27 heavy (non-hydrogen) atoms. The standard InChI is InChI=1S/C19H12F3N3OS/c20-19(21,22)26-15-9-6-13(7-10-15)14-8-11-17-23-24-18(25(17)12-14)27-16-4-2-1-3-5-16/h1-12H. The molecule has 0 spiro atoms. The minimum Gasteiger partial charge on any atom is -0.406 e. The number of ether oxygens (including phenoxy) is 1. The van der Waals surface area contributed by atoms with Gasteiger partial charge in [-0.3, -0.25) is 4.40 Å². The van der Waals surface area contributed by atoms with Crippen LogP contribution in [-0.2, 0) is 0 Å². The third-order valence-electron chi connectivity index (χ3n) is 3.74. The van der Waals surface area contributed by atoms with Gasteiger partial charge in [-0.2, -0.15) is 0 Å². The summed E-state index contributed by atoms with van der Waals surface area (Å²) < 4.78 is 42.6. The van der Waals surface area contributed by atoms with E-state index in [1.807, 2.05) is 53.1 Å². The lowest BCUT2D eigenvalue weighted by molar-refractivity contribution is -0.274. The molecular formula is C19H12F3N3OS. The quantitative estimate of drug-likeness (QED) is 0.467. The molecule has 4 aromatic rings. The van der Waals surface area contributed by atoms with Gasteiger partial charge in [-0.15, -0.1) is 23.4 Å². The predicted molar refractivity (Wildman–Crippen MR) is 95.7 cm³/mol. The van der Waals surface area contributed by atoms with Crippen molar-refractivity contribution in [3.8, 4) is 16.9 Å². The van der Waals surface area contributed by atoms with Crippen LogP contribution in [0.4, 0.5) is 13.2 Å². The molecule has 0 bridgehead atoms. The average molecular weight is 387 g/mol. The van der Waals surface area contributed by atoms with E-state index in [4.69, 9.17) is 0 Å². The number of rotatable bonds is 4. The molecule has 0 aliphatic heterocycles. The van der Waals surface area contributed by atoms with Crippen molar-refractivity contribution in [1.29, 1.82) is 0 Å². The van der Waals surface area contributed by atoms with Crippen LogP contribution in [0.3, 0.4) is 0 Å². The third kappa shape index (κ3) is 4.06. The zero-order valence-corrected chi connectivity index (χ0v) is 14.5. The van der Waals surface area contributed by atoms with Gasteiger partial charge in [-0.05, 0) is 59.3 Å². The molecule has 4 rings (SSSR count). The van der Waals surface area contributed by atoms with Crippen molar-refractivity contribution in [2.24, 2.45) is 0 Å². The fraction of sp³-hybridized carbons (Fsp3) is 0.0526. The van der Waals surface area contributed by atoms with E-state index in [0.717, 1.165) is 16.0 Å². The summed E-state index contributed by atoms with van der Waals surface area (Å²) in [6.07, 6.45) is -2.84. The maximum absolute atomic E-state index is 12.3. The molecule has 0 amide bonds. The van der Waals surface area contributed by atoms with Crippen LogP contribution >= 0.6 is 11.8 Å². The highest BCUT2D eigenvalue weighted by atomic mass is 32.2. The van der Waals surface area contributed by atoms with E-state index < -0.39 is 6.36 Å². The summed E-state index contributed by atoms with van der Waals surface area (Å²) in [7, 11) is 0. The van der Waals surface area contributed by atoms with Crippen molar-refractivity contribution in [2.45, 2.75) is 16.4 Å². The molecule has 0 atom stereocenters. The number of fused-ring (bicyclic) bond motifs is 1. The van der Waals surface area contributed by atoms with Crippen molar-refractivity contribution < 1.29 is 17.9 Å². The molecule has 2 aromatic heterocycles. The molecule has 2 heterocycles. The second kappa shape index (κ2) is 6.96. The molecule has 2 aromatic carbocycles. The molecule has 136 valence electrons. The van der Waals surface area contributed by atoms with Gasteiger partial charge >= 0.3 is 6.36 Å². The molecule has 0 unspecified atom stereocenters. The minimum absolute atomic E-state index is 0.253. The van der Waals surface area contributed by atoms with E-state index in [9.17, 15) is 13.2 Å². The smallest absolute Gasteiger partial charge is 0.406 e. The second-order valence-corrected chi connectivity index (χ2v) is 6.66. The molecule has 8 heteroatoms. The second-order valence-electron chi connectivity index (χ2n) is 5.62. The van der Waals surface area contributed by atoms with Gasteiger partial charge in [0, 0.05) is 11.1 Å². The molecule has 0 radical (unpaired) electrons. The first-order chi connectivity index (χ1) is 13.0. The Morgan fingerprint density at radius 1 is 0.815 bits per heavy atom. The summed E-state index contributed by atoms with van der Waals surface area (Å²) >= 11 is 1.48. The molecule has 0 aliphatic rings. The first-order valence-electron chi connectivity index (χ1n) is 7.92. The Labute approximate surface area is 156 Å². The van der Waals surface area contributed by atoms with E-state index in [0.29, 0.717) is 10.8 Å². The van der Waals surface area contributed by atoms with Gasteiger partial charge in [-0.1, -0.05) is 30.3 Å². The number of halogens is 3. The Morgan fingerprint density at radius 2 is 1.52 bits per heavy atom. The van der Waals surface area contributed by atoms with Crippen molar-refractivity contribution in [3.63, 3.8) is 0 Å². The maximum atomic E-state index is 12.3. The van der Waals surface area contributed by atoms with Crippen molar-refractivity contribution in [2.75, 3.05) is 0 Å². The number of pyridine rings is 1. The monoisotopic (exact) mass is 387 g/mol. The van der Waals surface area contributed by atoms with Gasteiger partial charge in [0.2, 0.25) is 0 Å². The molecule has 0 aliphatic carbocycles. The number of nitrogens with zero attached hydrogens (tertiary/aromatic N) is 3. The third-order valence-corrected chi connectivity index (χ3v) is 4.71. The molecule has 0 fully saturated rings. The lowest BCUT2D eigenvalue weighted by Gasteiger charge is -2.09. The van der Waals surface area contributed by atoms with Gasteiger partial charge in [0.15, 0.2) is 10.8 Å². The van der Waals surface area contributed by atoms with Crippen LogP contribution in [0.25, 0.3) is 16.8 Å². The first kappa shape index (κ1) is 17.4. The summed E-state index contributed by atoms with van der Waals surface area (Å²) in [5, 5.41) is 9.07. The number of aromatic nitrogens is 3. The van der Waals surface area contributed by atoms with Crippen LogP contribution in [0.5, 0.6) is 5.75 Å². The van der Waals surface area contributed by atoms with Crippen molar-refractivity contribution in [1.82, 2.24) is 14.6 Å². The Bertz CT molecular complexity index is 1060. The van der Waals surface area contributed by atoms with Crippen LogP contribution in [-0.4, -0.2) is 21.0 Å². The largest absolute Gasteiger partial charge is 0.573 e. The van der Waals surface area contributed by atoms with Gasteiger partial charge in [0.25, 0.3) is 0 Å². The summed E-state index contributed by atoms with van der Waals surface area (Å²) in [6, 6.07) is 19.2. The first-order valence-corrected chi connectivity index (χ1v) is 8.73. The number of hydrogen-bond acceptors (Lipinski definition) is 4. The van der Waals surface area contributed by atoms with Crippen molar-refractivity contribution in [3.05, 3.63) is 72.9 Å². The zero-order chi connectivity index (χ0) is 18.9. The lowest BCUT2D eigenvalue weighted by Crippen LogP contribution is -2.16. The number of hydrogen-bond donors (Lipinski definition) is 0. The van der Waals surface area contributed by atoms with Gasteiger partial charge in [0.1, 0.15) is 5.75 Å². The Hall–Kier alpha value is -3.00. The van der Waals surface area contributed by atoms with E-state index >= 15 is 0 Å². The maximum Gasteiger partial charge on any atom is 0.573 e. The average Bonchev–Trinajstić information content (AvgIpc) is 3.04. The molecule has 0 N–H and O–H groups in total. The van der Waals surface area contributed by atoms with Gasteiger partial charge in [0.05, 0.1) is 0 Å². The van der Waals surface area contributed by atoms with Gasteiger partial charge < -0.3 is 4.74 Å². The molecule has 4 nitrogen and oxygen atoms in total. The number of alkyl halides is 3. The number of benzene rings is 2. The highest BCUT2D eigenvalue weighted by molar-refractivity contribution is 7.99. The SMILES string of the molecule is FC(F)(F)Oc1ccc(-c2ccc3nnc(Sc4ccccc4)n3c2)cc1. The van der Waals surface area contributed by atoms with Crippen molar-refractivity contribution >= 4 is 17.4 Å². The highest BCUT2D eigenvalue weighted by Crippen LogP contribution is 2.29. The fourth-order valence-electron chi connectivity index (χ4n) is 2.55. The van der Waals surface area contributed by atoms with Crippen LogP contribution in [0, 0.1) is 0 Å². The topological polar surface area (TPSA) is 39.4 Å². The van der Waals surface area contributed by atoms with E-state index in [2.05, 4.69) is 14.9 Å². The van der Waals surface area contributed by atoms with Crippen LogP contribution in [0.2, 0.25) is 0 Å². The molecule has 0 saturated heterocycles. The summed E-state index contributed by atoms with van der Waals surface area (Å²) in [4.78, 5) is 1.03. The zero-order valence-electron chi connectivity index (χ0n) is 13.7. The minimum atomic E-state index is -4.70. The highest BCUT2D eigenvalue weighted by Gasteiger charge is 2.30. The fourth-order valence-corrected chi connectivity index (χ4v) is 3.38. The molecule has 0 saturated carbocycles. The van der Waals surface area contributed by atoms with Crippen LogP contribution in [0.1, 0.15) is 0 Å². The van der Waals surface area contributed by atoms with Crippen LogP contribution < -0.4 is 4.74 Å². The summed E-state index contributed by atoms with van der Waals surface area (Å²) in [6.45, 7) is 0. The lowest BCUT2D eigenvalue weighted by atomic mass is 10.1. The van der Waals surface area contributed by atoms with E-state index in [1.54, 1.807) is 12.1 Å². The van der Waals surface area contributed by atoms with E-state index in [-0.39, 0.29) is 5.75 Å². The summed E-state index contributed by atoms with van der Waals surface area (Å²) in [5.74, 6) is -0.253. The Kier molecular flexibility index (Phi) is 4.49. The van der Waals surface area contributed by atoms with Crippen LogP contribution in [0.15, 0.2) is 83.0 Å². The Morgan fingerprint density at radius 3 is 2.22 bits per heavy atom. The summed E-state index contributed by atoms with van der Waals surface area (Å²) in [5.41, 5.74) is 2.28. The van der Waals surface area contributed by atoms with E-state index in [1.165, 1.54) is 23.9 Å².